The summed E-state index contributed by atoms with van der Waals surface area (Å²) in [6, 6.07) is 0. The van der Waals surface area contributed by atoms with Crippen molar-refractivity contribution in [1.29, 1.82) is 0 Å². The van der Waals surface area contributed by atoms with Crippen LogP contribution >= 0.6 is 0 Å². The highest BCUT2D eigenvalue weighted by molar-refractivity contribution is 5.70. The maximum absolute atomic E-state index is 13.4. The first-order valence-electron chi connectivity index (χ1n) is 6.12. The largest absolute Gasteiger partial charge is 0.481 e. The van der Waals surface area contributed by atoms with Gasteiger partial charge in [0.05, 0.1) is 6.42 Å². The van der Waals surface area contributed by atoms with Crippen molar-refractivity contribution >= 4 is 6.29 Å². The van der Waals surface area contributed by atoms with Gasteiger partial charge < -0.3 is 4.74 Å². The van der Waals surface area contributed by atoms with E-state index in [0.717, 1.165) is 0 Å². The molecular formula is C12H5F12O2. The van der Waals surface area contributed by atoms with Crippen LogP contribution in [0.4, 0.5) is 52.7 Å². The lowest BCUT2D eigenvalue weighted by molar-refractivity contribution is -0.344. The van der Waals surface area contributed by atoms with Crippen LogP contribution in [0.25, 0.3) is 0 Å². The Morgan fingerprint density at radius 3 is 2.00 bits per heavy atom. The van der Waals surface area contributed by atoms with Crippen LogP contribution in [-0.2, 0) is 9.53 Å². The Bertz CT molecular complexity index is 638. The zero-order chi connectivity index (χ0) is 20.7. The van der Waals surface area contributed by atoms with Crippen molar-refractivity contribution in [3.8, 4) is 0 Å². The van der Waals surface area contributed by atoms with E-state index < -0.39 is 66.1 Å². The van der Waals surface area contributed by atoms with Gasteiger partial charge in [0.1, 0.15) is 5.83 Å². The number of halogens is 12. The molecule has 0 saturated carbocycles. The Morgan fingerprint density at radius 2 is 1.58 bits per heavy atom. The van der Waals surface area contributed by atoms with Gasteiger partial charge in [0.25, 0.3) is 0 Å². The van der Waals surface area contributed by atoms with Crippen molar-refractivity contribution < 1.29 is 62.2 Å². The SMILES string of the molecule is O=[C]C1(F)CC(F)=C(OCC(F)(F)C(F)(F)C(F)(F)C(F)F)C(F)=C1F. The average molecular weight is 409 g/mol. The summed E-state index contributed by atoms with van der Waals surface area (Å²) in [7, 11) is 0. The fourth-order valence-corrected chi connectivity index (χ4v) is 1.62. The minimum atomic E-state index is -6.74. The van der Waals surface area contributed by atoms with Gasteiger partial charge in [-0.3, -0.25) is 4.79 Å². The Hall–Kier alpha value is -1.89. The second kappa shape index (κ2) is 6.68. The second-order valence-electron chi connectivity index (χ2n) is 4.93. The standard InChI is InChI=1S/C12H5F12O2/c13-4-1-9(18,2-25)7(15)5(14)6(4)26-3-10(19,20)12(23,24)11(21,22)8(16)17/h8H,1,3H2. The molecule has 26 heavy (non-hydrogen) atoms. The van der Waals surface area contributed by atoms with E-state index in [4.69, 9.17) is 0 Å². The minimum Gasteiger partial charge on any atom is -0.481 e. The van der Waals surface area contributed by atoms with E-state index in [-0.39, 0.29) is 6.29 Å². The molecule has 149 valence electrons. The maximum Gasteiger partial charge on any atom is 0.381 e. The number of rotatable bonds is 7. The Kier molecular flexibility index (Phi) is 5.70. The van der Waals surface area contributed by atoms with E-state index in [1.165, 1.54) is 0 Å². The lowest BCUT2D eigenvalue weighted by atomic mass is 9.95. The van der Waals surface area contributed by atoms with Gasteiger partial charge in [-0.2, -0.15) is 30.7 Å². The lowest BCUT2D eigenvalue weighted by Gasteiger charge is -2.32. The Morgan fingerprint density at radius 1 is 1.08 bits per heavy atom. The predicted octanol–water partition coefficient (Wildman–Crippen LogP) is 4.73. The quantitative estimate of drug-likeness (QED) is 0.569. The van der Waals surface area contributed by atoms with Crippen LogP contribution in [0.3, 0.4) is 0 Å². The number of hydrogen-bond acceptors (Lipinski definition) is 2. The summed E-state index contributed by atoms with van der Waals surface area (Å²) in [6.45, 7) is -3.00. The fraction of sp³-hybridized carbons (Fsp3) is 0.583. The second-order valence-corrected chi connectivity index (χ2v) is 4.93. The number of ether oxygens (including phenoxy) is 1. The van der Waals surface area contributed by atoms with E-state index in [2.05, 4.69) is 4.74 Å². The molecule has 0 N–H and O–H groups in total. The molecule has 1 aliphatic carbocycles. The number of alkyl halides is 9. The van der Waals surface area contributed by atoms with Crippen molar-refractivity contribution in [2.75, 3.05) is 6.61 Å². The zero-order valence-corrected chi connectivity index (χ0v) is 11.8. The molecule has 0 aromatic heterocycles. The highest BCUT2D eigenvalue weighted by atomic mass is 19.4. The Balaban J connectivity index is 3.12. The van der Waals surface area contributed by atoms with Gasteiger partial charge in [0.15, 0.2) is 18.2 Å². The molecule has 0 aromatic carbocycles. The van der Waals surface area contributed by atoms with Crippen LogP contribution in [0.2, 0.25) is 0 Å². The summed E-state index contributed by atoms with van der Waals surface area (Å²) in [5, 5.41) is 0. The Labute approximate surface area is 136 Å². The van der Waals surface area contributed by atoms with E-state index in [1.54, 1.807) is 0 Å². The van der Waals surface area contributed by atoms with Crippen molar-refractivity contribution in [3.05, 3.63) is 23.2 Å². The van der Waals surface area contributed by atoms with Crippen molar-refractivity contribution in [2.24, 2.45) is 0 Å². The van der Waals surface area contributed by atoms with Gasteiger partial charge in [0, 0.05) is 0 Å². The van der Waals surface area contributed by atoms with Crippen molar-refractivity contribution in [2.45, 2.75) is 36.3 Å². The third-order valence-electron chi connectivity index (χ3n) is 3.10. The molecule has 1 unspecified atom stereocenters. The third-order valence-corrected chi connectivity index (χ3v) is 3.10. The highest BCUT2D eigenvalue weighted by Gasteiger charge is 2.75. The van der Waals surface area contributed by atoms with Crippen LogP contribution in [0.1, 0.15) is 6.42 Å². The number of hydrogen-bond donors (Lipinski definition) is 0. The van der Waals surface area contributed by atoms with Gasteiger partial charge in [0.2, 0.25) is 17.8 Å². The van der Waals surface area contributed by atoms with Crippen LogP contribution in [0.15, 0.2) is 23.2 Å². The molecule has 0 amide bonds. The van der Waals surface area contributed by atoms with E-state index >= 15 is 0 Å². The van der Waals surface area contributed by atoms with Gasteiger partial charge >= 0.3 is 24.2 Å². The minimum absolute atomic E-state index is 0.270. The lowest BCUT2D eigenvalue weighted by Crippen LogP contribution is -2.59. The van der Waals surface area contributed by atoms with Crippen molar-refractivity contribution in [1.82, 2.24) is 0 Å². The van der Waals surface area contributed by atoms with E-state index in [9.17, 15) is 57.5 Å². The summed E-state index contributed by atoms with van der Waals surface area (Å²) in [5.74, 6) is -29.3. The topological polar surface area (TPSA) is 26.3 Å². The fourth-order valence-electron chi connectivity index (χ4n) is 1.62. The zero-order valence-electron chi connectivity index (χ0n) is 11.8. The highest BCUT2D eigenvalue weighted by Crippen LogP contribution is 2.49. The molecule has 0 spiro atoms. The van der Waals surface area contributed by atoms with Gasteiger partial charge in [-0.05, 0) is 0 Å². The van der Waals surface area contributed by atoms with E-state index in [1.807, 2.05) is 0 Å². The first-order valence-corrected chi connectivity index (χ1v) is 6.12. The summed E-state index contributed by atoms with van der Waals surface area (Å²) < 4.78 is 158. The predicted molar refractivity (Wildman–Crippen MR) is 58.3 cm³/mol. The van der Waals surface area contributed by atoms with Crippen LogP contribution in [0, 0.1) is 0 Å². The molecule has 14 heteroatoms. The smallest absolute Gasteiger partial charge is 0.381 e. The molecule has 0 heterocycles. The normalized spacial score (nSPS) is 23.0. The average Bonchev–Trinajstić information content (AvgIpc) is 2.51. The van der Waals surface area contributed by atoms with Crippen LogP contribution < -0.4 is 0 Å². The van der Waals surface area contributed by atoms with Gasteiger partial charge in [-0.1, -0.05) is 0 Å². The summed E-state index contributed by atoms with van der Waals surface area (Å²) in [5.41, 5.74) is -3.99. The molecule has 1 radical (unpaired) electrons. The van der Waals surface area contributed by atoms with Crippen LogP contribution in [-0.4, -0.2) is 42.8 Å². The molecule has 2 nitrogen and oxygen atoms in total. The summed E-state index contributed by atoms with van der Waals surface area (Å²) in [4.78, 5) is 10.2. The number of allylic oxidation sites excluding steroid dienone is 3. The molecule has 0 saturated heterocycles. The number of carbonyl (C=O) groups excluding carboxylic acids is 1. The summed E-state index contributed by atoms with van der Waals surface area (Å²) >= 11 is 0. The molecule has 0 aromatic rings. The molecule has 1 rings (SSSR count). The third kappa shape index (κ3) is 3.37. The molecule has 0 fully saturated rings. The molecule has 0 bridgehead atoms. The first-order chi connectivity index (χ1) is 11.5. The molecule has 1 aliphatic rings. The molecule has 1 atom stereocenters. The van der Waals surface area contributed by atoms with Gasteiger partial charge in [-0.15, -0.1) is 0 Å². The monoisotopic (exact) mass is 409 g/mol. The van der Waals surface area contributed by atoms with E-state index in [0.29, 0.717) is 0 Å². The molecule has 0 aliphatic heterocycles. The summed E-state index contributed by atoms with van der Waals surface area (Å²) in [6.07, 6.45) is -6.93. The van der Waals surface area contributed by atoms with Crippen LogP contribution in [0.5, 0.6) is 0 Å². The van der Waals surface area contributed by atoms with Gasteiger partial charge in [-0.25, -0.2) is 22.0 Å². The maximum atomic E-state index is 13.4. The van der Waals surface area contributed by atoms with Crippen molar-refractivity contribution in [3.63, 3.8) is 0 Å². The molecular weight excluding hydrogens is 404 g/mol. The first kappa shape index (κ1) is 22.2.